The fraction of sp³-hybridized carbons (Fsp3) is 0.143. The van der Waals surface area contributed by atoms with Crippen molar-refractivity contribution in [3.63, 3.8) is 0 Å². The standard InChI is InChI=1S/C14H10BrClF2N2O4/c1-22-12-5(15)3-6(17)9(11(12)18)8-4-7(19)10(16)13(20-8)24-14(21)23-2/h3-4H,1-2H3,(H2,19,20). The number of methoxy groups -OCH3 is 2. The SMILES string of the molecule is COC(=O)Oc1nc(-c2c(F)cc(Br)c(OC)c2F)cc(N)c1Cl. The molecule has 2 N–H and O–H groups in total. The lowest BCUT2D eigenvalue weighted by Crippen LogP contribution is -2.10. The van der Waals surface area contributed by atoms with Crippen LogP contribution in [0.25, 0.3) is 11.3 Å². The second kappa shape index (κ2) is 7.18. The van der Waals surface area contributed by atoms with Crippen LogP contribution in [0.15, 0.2) is 16.6 Å². The van der Waals surface area contributed by atoms with Crippen molar-refractivity contribution in [3.05, 3.63) is 33.3 Å². The number of anilines is 1. The predicted octanol–water partition coefficient (Wildman–Crippen LogP) is 4.18. The van der Waals surface area contributed by atoms with Crippen molar-refractivity contribution in [2.75, 3.05) is 20.0 Å². The molecule has 128 valence electrons. The van der Waals surface area contributed by atoms with Crippen LogP contribution in [-0.2, 0) is 4.74 Å². The van der Waals surface area contributed by atoms with Gasteiger partial charge in [-0.25, -0.2) is 18.6 Å². The molecule has 10 heteroatoms. The number of pyridine rings is 1. The molecular formula is C14H10BrClF2N2O4. The minimum absolute atomic E-state index is 0.0803. The van der Waals surface area contributed by atoms with E-state index in [0.717, 1.165) is 19.2 Å². The number of halogens is 4. The van der Waals surface area contributed by atoms with Crippen molar-refractivity contribution in [1.29, 1.82) is 0 Å². The predicted molar refractivity (Wildman–Crippen MR) is 86.3 cm³/mol. The van der Waals surface area contributed by atoms with Gasteiger partial charge >= 0.3 is 6.16 Å². The summed E-state index contributed by atoms with van der Waals surface area (Å²) in [4.78, 5) is 15.0. The topological polar surface area (TPSA) is 83.7 Å². The van der Waals surface area contributed by atoms with E-state index in [0.29, 0.717) is 0 Å². The van der Waals surface area contributed by atoms with Crippen molar-refractivity contribution in [2.24, 2.45) is 0 Å². The molecule has 0 radical (unpaired) electrons. The maximum Gasteiger partial charge on any atom is 0.514 e. The monoisotopic (exact) mass is 422 g/mol. The summed E-state index contributed by atoms with van der Waals surface area (Å²) in [5.74, 6) is -2.61. The van der Waals surface area contributed by atoms with Crippen molar-refractivity contribution >= 4 is 39.4 Å². The Kier molecular flexibility index (Phi) is 5.45. The van der Waals surface area contributed by atoms with Crippen molar-refractivity contribution in [2.45, 2.75) is 0 Å². The molecule has 1 aromatic heterocycles. The Morgan fingerprint density at radius 3 is 2.58 bits per heavy atom. The Balaban J connectivity index is 2.68. The van der Waals surface area contributed by atoms with Crippen molar-refractivity contribution < 1.29 is 27.8 Å². The molecule has 0 aliphatic heterocycles. The fourth-order valence-corrected chi connectivity index (χ4v) is 2.51. The molecule has 0 unspecified atom stereocenters. The van der Waals surface area contributed by atoms with Gasteiger partial charge in [0.25, 0.3) is 0 Å². The van der Waals surface area contributed by atoms with Gasteiger partial charge in [0.2, 0.25) is 5.88 Å². The van der Waals surface area contributed by atoms with Crippen LogP contribution in [0, 0.1) is 11.6 Å². The summed E-state index contributed by atoms with van der Waals surface area (Å²) in [6, 6.07) is 2.14. The van der Waals surface area contributed by atoms with Crippen molar-refractivity contribution in [3.8, 4) is 22.9 Å². The quantitative estimate of drug-likeness (QED) is 0.746. The van der Waals surface area contributed by atoms with Gasteiger partial charge in [-0.15, -0.1) is 0 Å². The molecule has 24 heavy (non-hydrogen) atoms. The van der Waals surface area contributed by atoms with E-state index in [1.54, 1.807) is 0 Å². The number of rotatable bonds is 3. The molecule has 0 saturated carbocycles. The average Bonchev–Trinajstić information content (AvgIpc) is 2.51. The normalized spacial score (nSPS) is 10.4. The van der Waals surface area contributed by atoms with Gasteiger partial charge in [-0.2, -0.15) is 0 Å². The number of aromatic nitrogens is 1. The number of hydrogen-bond donors (Lipinski definition) is 1. The first-order valence-electron chi connectivity index (χ1n) is 6.23. The third-order valence-corrected chi connectivity index (χ3v) is 3.86. The highest BCUT2D eigenvalue weighted by Crippen LogP contribution is 2.39. The summed E-state index contributed by atoms with van der Waals surface area (Å²) in [7, 11) is 2.29. The largest absolute Gasteiger partial charge is 0.514 e. The maximum atomic E-state index is 14.5. The molecule has 0 saturated heterocycles. The lowest BCUT2D eigenvalue weighted by Gasteiger charge is -2.13. The molecule has 0 bridgehead atoms. The smallest absolute Gasteiger partial charge is 0.492 e. The van der Waals surface area contributed by atoms with Gasteiger partial charge in [-0.3, -0.25) is 0 Å². The molecular weight excluding hydrogens is 414 g/mol. The molecule has 0 aliphatic rings. The van der Waals surface area contributed by atoms with Crippen LogP contribution in [0.4, 0.5) is 19.3 Å². The summed E-state index contributed by atoms with van der Waals surface area (Å²) in [6.45, 7) is 0. The molecule has 6 nitrogen and oxygen atoms in total. The van der Waals surface area contributed by atoms with Gasteiger partial charge in [0.05, 0.1) is 35.6 Å². The van der Waals surface area contributed by atoms with Crippen LogP contribution in [0.1, 0.15) is 0 Å². The number of carbonyl (C=O) groups is 1. The van der Waals surface area contributed by atoms with Gasteiger partial charge in [0, 0.05) is 0 Å². The highest BCUT2D eigenvalue weighted by atomic mass is 79.9. The first-order chi connectivity index (χ1) is 11.3. The van der Waals surface area contributed by atoms with Gasteiger partial charge < -0.3 is 19.9 Å². The highest BCUT2D eigenvalue weighted by molar-refractivity contribution is 9.10. The Labute approximate surface area is 148 Å². The number of ether oxygens (including phenoxy) is 3. The highest BCUT2D eigenvalue weighted by Gasteiger charge is 2.23. The minimum Gasteiger partial charge on any atom is -0.492 e. The van der Waals surface area contributed by atoms with E-state index in [-0.39, 0.29) is 26.6 Å². The molecule has 0 atom stereocenters. The number of nitrogens with two attached hydrogens (primary N) is 1. The van der Waals surface area contributed by atoms with Gasteiger partial charge in [0.1, 0.15) is 10.8 Å². The number of carbonyl (C=O) groups excluding carboxylic acids is 1. The average molecular weight is 424 g/mol. The first kappa shape index (κ1) is 18.2. The Bertz CT molecular complexity index is 820. The van der Waals surface area contributed by atoms with Crippen LogP contribution in [0.3, 0.4) is 0 Å². The van der Waals surface area contributed by atoms with E-state index in [9.17, 15) is 13.6 Å². The van der Waals surface area contributed by atoms with E-state index < -0.39 is 29.2 Å². The van der Waals surface area contributed by atoms with E-state index >= 15 is 0 Å². The second-order valence-electron chi connectivity index (χ2n) is 4.33. The van der Waals surface area contributed by atoms with Gasteiger partial charge in [-0.05, 0) is 28.1 Å². The lowest BCUT2D eigenvalue weighted by atomic mass is 10.1. The molecule has 2 rings (SSSR count). The Morgan fingerprint density at radius 2 is 2.00 bits per heavy atom. The van der Waals surface area contributed by atoms with Crippen LogP contribution in [0.2, 0.25) is 5.02 Å². The number of benzene rings is 1. The van der Waals surface area contributed by atoms with Crippen LogP contribution < -0.4 is 15.2 Å². The minimum atomic E-state index is -1.12. The Morgan fingerprint density at radius 1 is 1.33 bits per heavy atom. The fourth-order valence-electron chi connectivity index (χ4n) is 1.84. The molecule has 0 amide bonds. The third kappa shape index (κ3) is 3.36. The number of nitrogen functional groups attached to an aromatic ring is 1. The maximum absolute atomic E-state index is 14.5. The van der Waals surface area contributed by atoms with Crippen molar-refractivity contribution in [1.82, 2.24) is 4.98 Å². The first-order valence-corrected chi connectivity index (χ1v) is 7.40. The molecule has 1 aromatic carbocycles. The third-order valence-electron chi connectivity index (χ3n) is 2.89. The van der Waals surface area contributed by atoms with E-state index in [1.807, 2.05) is 0 Å². The van der Waals surface area contributed by atoms with Crippen LogP contribution >= 0.6 is 27.5 Å². The number of hydrogen-bond acceptors (Lipinski definition) is 6. The summed E-state index contributed by atoms with van der Waals surface area (Å²) in [5, 5.41) is -0.200. The zero-order chi connectivity index (χ0) is 18.0. The van der Waals surface area contributed by atoms with E-state index in [1.165, 1.54) is 7.11 Å². The summed E-state index contributed by atoms with van der Waals surface area (Å²) in [6.07, 6.45) is -1.12. The molecule has 0 fully saturated rings. The van der Waals surface area contributed by atoms with Gasteiger partial charge in [-0.1, -0.05) is 11.6 Å². The van der Waals surface area contributed by atoms with Crippen LogP contribution in [-0.4, -0.2) is 25.4 Å². The molecule has 0 spiro atoms. The zero-order valence-electron chi connectivity index (χ0n) is 12.3. The summed E-state index contributed by atoms with van der Waals surface area (Å²) < 4.78 is 42.8. The molecule has 0 aliphatic carbocycles. The molecule has 2 aromatic rings. The zero-order valence-corrected chi connectivity index (χ0v) is 14.7. The molecule has 1 heterocycles. The van der Waals surface area contributed by atoms with E-state index in [2.05, 4.69) is 25.7 Å². The van der Waals surface area contributed by atoms with Crippen LogP contribution in [0.5, 0.6) is 11.6 Å². The lowest BCUT2D eigenvalue weighted by molar-refractivity contribution is 0.120. The number of nitrogens with zero attached hydrogens (tertiary/aromatic N) is 1. The van der Waals surface area contributed by atoms with E-state index in [4.69, 9.17) is 26.8 Å². The second-order valence-corrected chi connectivity index (χ2v) is 5.57. The Hall–Kier alpha value is -2.13. The summed E-state index contributed by atoms with van der Waals surface area (Å²) in [5.41, 5.74) is 4.83. The summed E-state index contributed by atoms with van der Waals surface area (Å²) >= 11 is 8.87. The van der Waals surface area contributed by atoms with Gasteiger partial charge in [0.15, 0.2) is 11.6 Å².